The van der Waals surface area contributed by atoms with Crippen LogP contribution in [0.4, 0.5) is 0 Å². The van der Waals surface area contributed by atoms with Gasteiger partial charge in [-0.3, -0.25) is 0 Å². The second kappa shape index (κ2) is 19.5. The maximum atomic E-state index is 2.51. The van der Waals surface area contributed by atoms with Gasteiger partial charge in [0.2, 0.25) is 0 Å². The molecular formula is C62H52P2Sn+2. The molecule has 0 atom stereocenters. The Morgan fingerprint density at radius 1 is 0.200 bits per heavy atom. The van der Waals surface area contributed by atoms with Gasteiger partial charge in [0.1, 0.15) is 0 Å². The zero-order chi connectivity index (χ0) is 43.8. The zero-order valence-corrected chi connectivity index (χ0v) is 41.2. The van der Waals surface area contributed by atoms with E-state index in [4.69, 9.17) is 0 Å². The van der Waals surface area contributed by atoms with E-state index in [0.29, 0.717) is 0 Å². The van der Waals surface area contributed by atoms with Crippen molar-refractivity contribution in [2.45, 2.75) is 12.3 Å². The standard InChI is InChI=1S/2C25H21P.2C6H5.Sn/c2*1-5-13-22(14-6-1)21-26(23-15-7-2-8-16-23,24-17-9-3-10-18-24)25-19-11-4-12-20-25;2*1-2-4-6-5-3-1;/h2*2-20H,21H2;2*1-5H;/q2*+1;;;. The van der Waals surface area contributed by atoms with E-state index in [9.17, 15) is 0 Å². The van der Waals surface area contributed by atoms with E-state index in [0.717, 1.165) is 12.3 Å². The molecule has 0 aliphatic carbocycles. The van der Waals surface area contributed by atoms with Gasteiger partial charge in [-0.05, 0) is 0 Å². The summed E-state index contributed by atoms with van der Waals surface area (Å²) in [6.45, 7) is 0. The van der Waals surface area contributed by atoms with Crippen molar-refractivity contribution in [1.82, 2.24) is 0 Å². The van der Waals surface area contributed by atoms with Gasteiger partial charge in [-0.25, -0.2) is 0 Å². The summed E-state index contributed by atoms with van der Waals surface area (Å²) in [6.07, 6.45) is 1.88. The van der Waals surface area contributed by atoms with Crippen LogP contribution in [-0.2, 0) is 12.3 Å². The molecule has 0 amide bonds. The topological polar surface area (TPSA) is 0 Å². The molecule has 312 valence electrons. The van der Waals surface area contributed by atoms with Crippen LogP contribution in [0.15, 0.2) is 291 Å². The molecule has 10 aromatic rings. The SMILES string of the molecule is c1ccc([P+](Cc2cc[c]([Sn]([c]3ccccc3)([c]3ccccc3)[c]3ccc(C[P+](c4ccccc4)(c4ccccc4)c4ccccc4)cc3)cc2)(c2ccccc2)c2ccccc2)cc1. The molecule has 0 aromatic heterocycles. The van der Waals surface area contributed by atoms with Gasteiger partial charge in [-0.1, -0.05) is 0 Å². The Labute approximate surface area is 390 Å². The molecule has 10 rings (SSSR count). The van der Waals surface area contributed by atoms with Gasteiger partial charge in [0.05, 0.1) is 0 Å². The second-order valence-electron chi connectivity index (χ2n) is 16.8. The molecule has 0 aliphatic heterocycles. The maximum absolute atomic E-state index is 3.98. The summed E-state index contributed by atoms with van der Waals surface area (Å²) < 4.78 is 5.81. The van der Waals surface area contributed by atoms with Gasteiger partial charge in [0.25, 0.3) is 0 Å². The first-order chi connectivity index (χ1) is 32.2. The van der Waals surface area contributed by atoms with Crippen molar-refractivity contribution in [2.75, 3.05) is 0 Å². The Balaban J connectivity index is 1.12. The number of hydrogen-bond acceptors (Lipinski definition) is 0. The molecule has 0 N–H and O–H groups in total. The number of rotatable bonds is 14. The van der Waals surface area contributed by atoms with Crippen LogP contribution in [0.2, 0.25) is 0 Å². The zero-order valence-electron chi connectivity index (χ0n) is 36.5. The summed E-state index contributed by atoms with van der Waals surface area (Å²) in [5, 5.41) is 8.43. The first-order valence-electron chi connectivity index (χ1n) is 22.6. The minimum absolute atomic E-state index is 0.939. The fraction of sp³-hybridized carbons (Fsp3) is 0.0323. The number of hydrogen-bond donors (Lipinski definition) is 0. The van der Waals surface area contributed by atoms with Crippen LogP contribution in [0.25, 0.3) is 0 Å². The van der Waals surface area contributed by atoms with Crippen LogP contribution < -0.4 is 46.1 Å². The molecule has 0 saturated carbocycles. The van der Waals surface area contributed by atoms with Crippen molar-refractivity contribution in [3.8, 4) is 0 Å². The summed E-state index contributed by atoms with van der Waals surface area (Å²) in [6, 6.07) is 110. The van der Waals surface area contributed by atoms with Crippen LogP contribution in [0.3, 0.4) is 0 Å². The first-order valence-corrected chi connectivity index (χ1v) is 32.3. The number of benzene rings is 10. The van der Waals surface area contributed by atoms with E-state index in [-0.39, 0.29) is 0 Å². The van der Waals surface area contributed by atoms with Gasteiger partial charge >= 0.3 is 394 Å². The molecule has 0 heterocycles. The first kappa shape index (κ1) is 42.8. The fourth-order valence-electron chi connectivity index (χ4n) is 10.2. The summed E-state index contributed by atoms with van der Waals surface area (Å²) >= 11 is -3.98. The summed E-state index contributed by atoms with van der Waals surface area (Å²) in [4.78, 5) is 0. The van der Waals surface area contributed by atoms with Gasteiger partial charge in [-0.15, -0.1) is 0 Å². The Morgan fingerprint density at radius 2 is 0.385 bits per heavy atom. The van der Waals surface area contributed by atoms with E-state index in [1.54, 1.807) is 0 Å². The van der Waals surface area contributed by atoms with Gasteiger partial charge < -0.3 is 0 Å². The molecule has 0 saturated heterocycles. The molecule has 0 unspecified atom stereocenters. The fourth-order valence-corrected chi connectivity index (χ4v) is 32.1. The molecule has 0 nitrogen and oxygen atoms in total. The average Bonchev–Trinajstić information content (AvgIpc) is 3.40. The summed E-state index contributed by atoms with van der Waals surface area (Å²) in [7, 11) is -4.15. The minimum atomic E-state index is -3.98. The van der Waals surface area contributed by atoms with E-state index >= 15 is 0 Å². The van der Waals surface area contributed by atoms with Crippen molar-refractivity contribution >= 4 is 79.0 Å². The van der Waals surface area contributed by atoms with Crippen LogP contribution in [0, 0.1) is 0 Å². The molecule has 0 aliphatic rings. The van der Waals surface area contributed by atoms with Crippen molar-refractivity contribution < 1.29 is 0 Å². The summed E-state index contributed by atoms with van der Waals surface area (Å²) in [5.41, 5.74) is 2.72. The van der Waals surface area contributed by atoms with Crippen molar-refractivity contribution in [3.05, 3.63) is 302 Å². The van der Waals surface area contributed by atoms with Crippen molar-refractivity contribution in [1.29, 1.82) is 0 Å². The molecule has 3 heteroatoms. The second-order valence-corrected chi connectivity index (χ2v) is 34.7. The van der Waals surface area contributed by atoms with Crippen LogP contribution in [0.5, 0.6) is 0 Å². The third-order valence-corrected chi connectivity index (χ3v) is 35.7. The van der Waals surface area contributed by atoms with Crippen LogP contribution >= 0.6 is 14.5 Å². The van der Waals surface area contributed by atoms with Crippen LogP contribution in [-0.4, -0.2) is 18.4 Å². The van der Waals surface area contributed by atoms with Crippen molar-refractivity contribution in [2.24, 2.45) is 0 Å². The third kappa shape index (κ3) is 8.26. The Hall–Kier alpha value is -6.14. The molecule has 0 spiro atoms. The molecule has 0 fully saturated rings. The van der Waals surface area contributed by atoms with Crippen molar-refractivity contribution in [3.63, 3.8) is 0 Å². The van der Waals surface area contributed by atoms with E-state index < -0.39 is 32.9 Å². The summed E-state index contributed by atoms with van der Waals surface area (Å²) in [5.74, 6) is 0. The van der Waals surface area contributed by atoms with Gasteiger partial charge in [0, 0.05) is 0 Å². The predicted octanol–water partition coefficient (Wildman–Crippen LogP) is 10.1. The monoisotopic (exact) mass is 978 g/mol. The van der Waals surface area contributed by atoms with Crippen LogP contribution in [0.1, 0.15) is 11.1 Å². The Morgan fingerprint density at radius 3 is 0.600 bits per heavy atom. The van der Waals surface area contributed by atoms with Gasteiger partial charge in [0.15, 0.2) is 0 Å². The quantitative estimate of drug-likeness (QED) is 0.0753. The van der Waals surface area contributed by atoms with E-state index in [1.165, 1.54) is 57.3 Å². The van der Waals surface area contributed by atoms with E-state index in [2.05, 4.69) is 291 Å². The normalized spacial score (nSPS) is 11.8. The Kier molecular flexibility index (Phi) is 12.9. The third-order valence-electron chi connectivity index (χ3n) is 13.2. The molecule has 0 radical (unpaired) electrons. The molecule has 10 aromatic carbocycles. The van der Waals surface area contributed by atoms with Gasteiger partial charge in [-0.2, -0.15) is 0 Å². The molecule has 0 bridgehead atoms. The predicted molar refractivity (Wildman–Crippen MR) is 288 cm³/mol. The average molecular weight is 978 g/mol. The van der Waals surface area contributed by atoms with E-state index in [1.807, 2.05) is 0 Å². The molecule has 65 heavy (non-hydrogen) atoms. The Bertz CT molecular complexity index is 2620. The molecular weight excluding hydrogens is 925 g/mol.